The summed E-state index contributed by atoms with van der Waals surface area (Å²) in [4.78, 5) is 13.0. The molecule has 3 aromatic rings. The van der Waals surface area contributed by atoms with Crippen LogP contribution < -0.4 is 14.8 Å². The Morgan fingerprint density at radius 3 is 2.41 bits per heavy atom. The molecule has 0 saturated carbocycles. The highest BCUT2D eigenvalue weighted by atomic mass is 19.1. The van der Waals surface area contributed by atoms with Gasteiger partial charge in [-0.2, -0.15) is 5.10 Å². The summed E-state index contributed by atoms with van der Waals surface area (Å²) in [7, 11) is 3.16. The highest BCUT2D eigenvalue weighted by Gasteiger charge is 2.22. The first-order chi connectivity index (χ1) is 13.8. The summed E-state index contributed by atoms with van der Waals surface area (Å²) in [5.74, 6) is 0.748. The molecule has 152 valence electrons. The Balaban J connectivity index is 1.87. The van der Waals surface area contributed by atoms with Crippen LogP contribution in [-0.2, 0) is 0 Å². The molecule has 7 heteroatoms. The third-order valence-corrected chi connectivity index (χ3v) is 4.84. The molecule has 0 aliphatic carbocycles. The van der Waals surface area contributed by atoms with Gasteiger partial charge in [0.05, 0.1) is 42.9 Å². The zero-order valence-corrected chi connectivity index (χ0v) is 17.1. The maximum Gasteiger partial charge on any atom is 0.255 e. The van der Waals surface area contributed by atoms with E-state index in [0.29, 0.717) is 34.1 Å². The first-order valence-electron chi connectivity index (χ1n) is 9.20. The lowest BCUT2D eigenvalue weighted by atomic mass is 10.1. The molecule has 0 radical (unpaired) electrons. The van der Waals surface area contributed by atoms with Crippen LogP contribution >= 0.6 is 0 Å². The molecule has 3 rings (SSSR count). The molecule has 6 nitrogen and oxygen atoms in total. The van der Waals surface area contributed by atoms with E-state index in [9.17, 15) is 9.18 Å². The maximum absolute atomic E-state index is 13.2. The van der Waals surface area contributed by atoms with Crippen molar-refractivity contribution in [1.82, 2.24) is 15.1 Å². The predicted octanol–water partition coefficient (Wildman–Crippen LogP) is 4.14. The quantitative estimate of drug-likeness (QED) is 0.679. The molecular formula is C22H24FN3O3. The highest BCUT2D eigenvalue weighted by Crippen LogP contribution is 2.30. The van der Waals surface area contributed by atoms with E-state index in [1.165, 1.54) is 12.1 Å². The number of amides is 1. The fourth-order valence-corrected chi connectivity index (χ4v) is 3.33. The highest BCUT2D eigenvalue weighted by molar-refractivity contribution is 5.96. The summed E-state index contributed by atoms with van der Waals surface area (Å²) in [6.45, 7) is 5.48. The fourth-order valence-electron chi connectivity index (χ4n) is 3.33. The molecular weight excluding hydrogens is 373 g/mol. The van der Waals surface area contributed by atoms with Gasteiger partial charge in [-0.05, 0) is 57.2 Å². The van der Waals surface area contributed by atoms with Gasteiger partial charge in [0.15, 0.2) is 0 Å². The van der Waals surface area contributed by atoms with Crippen LogP contribution in [0.1, 0.15) is 40.3 Å². The lowest BCUT2D eigenvalue weighted by Crippen LogP contribution is -2.28. The second kappa shape index (κ2) is 8.34. The van der Waals surface area contributed by atoms with E-state index >= 15 is 0 Å². The molecule has 0 aliphatic rings. The third-order valence-electron chi connectivity index (χ3n) is 4.84. The Labute approximate surface area is 169 Å². The van der Waals surface area contributed by atoms with Crippen LogP contribution in [-0.4, -0.2) is 29.9 Å². The summed E-state index contributed by atoms with van der Waals surface area (Å²) in [5.41, 5.74) is 3.30. The van der Waals surface area contributed by atoms with E-state index < -0.39 is 0 Å². The van der Waals surface area contributed by atoms with Crippen LogP contribution in [0.4, 0.5) is 4.39 Å². The van der Waals surface area contributed by atoms with Gasteiger partial charge in [-0.3, -0.25) is 4.79 Å². The summed E-state index contributed by atoms with van der Waals surface area (Å²) in [6, 6.07) is 11.2. The molecule has 1 unspecified atom stereocenters. The number of methoxy groups -OCH3 is 2. The number of aryl methyl sites for hydroxylation is 1. The van der Waals surface area contributed by atoms with Gasteiger partial charge < -0.3 is 14.8 Å². The molecule has 0 saturated heterocycles. The molecule has 1 atom stereocenters. The number of ether oxygens (including phenoxy) is 2. The van der Waals surface area contributed by atoms with Crippen molar-refractivity contribution in [3.63, 3.8) is 0 Å². The third kappa shape index (κ3) is 4.08. The molecule has 0 fully saturated rings. The Hall–Kier alpha value is -3.35. The standard InChI is InChI=1S/C22H24FN3O3/c1-13(19-11-10-18(28-4)12-20(19)29-5)24-22(27)21-14(2)25-26(15(21)3)17-8-6-16(23)7-9-17/h6-13H,1-5H3,(H,24,27). The second-order valence-electron chi connectivity index (χ2n) is 6.74. The first-order valence-corrected chi connectivity index (χ1v) is 9.20. The number of hydrogen-bond donors (Lipinski definition) is 1. The molecule has 2 aromatic carbocycles. The monoisotopic (exact) mass is 397 g/mol. The summed E-state index contributed by atoms with van der Waals surface area (Å²) in [6.07, 6.45) is 0. The summed E-state index contributed by atoms with van der Waals surface area (Å²) >= 11 is 0. The fraction of sp³-hybridized carbons (Fsp3) is 0.273. The Bertz CT molecular complexity index is 1030. The van der Waals surface area contributed by atoms with Gasteiger partial charge in [0.2, 0.25) is 0 Å². The van der Waals surface area contributed by atoms with E-state index in [2.05, 4.69) is 10.4 Å². The van der Waals surface area contributed by atoms with Crippen molar-refractivity contribution in [2.45, 2.75) is 26.8 Å². The van der Waals surface area contributed by atoms with Crippen LogP contribution in [0.15, 0.2) is 42.5 Å². The Morgan fingerprint density at radius 1 is 1.10 bits per heavy atom. The Kier molecular flexibility index (Phi) is 5.87. The minimum Gasteiger partial charge on any atom is -0.497 e. The normalized spacial score (nSPS) is 11.8. The number of hydrogen-bond acceptors (Lipinski definition) is 4. The molecule has 1 amide bonds. The molecule has 1 heterocycles. The van der Waals surface area contributed by atoms with E-state index in [1.54, 1.807) is 44.0 Å². The van der Waals surface area contributed by atoms with Crippen molar-refractivity contribution < 1.29 is 18.7 Å². The van der Waals surface area contributed by atoms with Gasteiger partial charge in [-0.15, -0.1) is 0 Å². The van der Waals surface area contributed by atoms with Gasteiger partial charge in [0.25, 0.3) is 5.91 Å². The smallest absolute Gasteiger partial charge is 0.255 e. The number of aromatic nitrogens is 2. The van der Waals surface area contributed by atoms with Gasteiger partial charge in [-0.25, -0.2) is 9.07 Å². The van der Waals surface area contributed by atoms with Crippen molar-refractivity contribution in [3.8, 4) is 17.2 Å². The molecule has 1 aromatic heterocycles. The van der Waals surface area contributed by atoms with Crippen molar-refractivity contribution >= 4 is 5.91 Å². The number of nitrogens with one attached hydrogen (secondary N) is 1. The minimum atomic E-state index is -0.324. The van der Waals surface area contributed by atoms with E-state index in [1.807, 2.05) is 26.0 Å². The van der Waals surface area contributed by atoms with Crippen LogP contribution in [0.3, 0.4) is 0 Å². The Morgan fingerprint density at radius 2 is 1.79 bits per heavy atom. The predicted molar refractivity (Wildman–Crippen MR) is 108 cm³/mol. The van der Waals surface area contributed by atoms with Gasteiger partial charge in [-0.1, -0.05) is 0 Å². The van der Waals surface area contributed by atoms with Crippen molar-refractivity contribution in [3.05, 3.63) is 70.8 Å². The number of halogens is 1. The number of nitrogens with zero attached hydrogens (tertiary/aromatic N) is 2. The zero-order chi connectivity index (χ0) is 21.1. The van der Waals surface area contributed by atoms with Crippen molar-refractivity contribution in [2.75, 3.05) is 14.2 Å². The van der Waals surface area contributed by atoms with Crippen molar-refractivity contribution in [2.24, 2.45) is 0 Å². The number of benzene rings is 2. The average molecular weight is 397 g/mol. The molecule has 29 heavy (non-hydrogen) atoms. The van der Waals surface area contributed by atoms with E-state index in [4.69, 9.17) is 9.47 Å². The second-order valence-corrected chi connectivity index (χ2v) is 6.74. The number of carbonyl (C=O) groups excluding carboxylic acids is 1. The van der Waals surface area contributed by atoms with Crippen LogP contribution in [0.2, 0.25) is 0 Å². The van der Waals surface area contributed by atoms with E-state index in [0.717, 1.165) is 5.56 Å². The largest absolute Gasteiger partial charge is 0.497 e. The summed E-state index contributed by atoms with van der Waals surface area (Å²) < 4.78 is 25.5. The van der Waals surface area contributed by atoms with Crippen LogP contribution in [0.5, 0.6) is 11.5 Å². The van der Waals surface area contributed by atoms with Gasteiger partial charge in [0.1, 0.15) is 17.3 Å². The summed E-state index contributed by atoms with van der Waals surface area (Å²) in [5, 5.41) is 7.47. The SMILES string of the molecule is COc1ccc(C(C)NC(=O)c2c(C)nn(-c3ccc(F)cc3)c2C)c(OC)c1. The minimum absolute atomic E-state index is 0.237. The lowest BCUT2D eigenvalue weighted by molar-refractivity contribution is 0.0938. The zero-order valence-electron chi connectivity index (χ0n) is 17.1. The molecule has 0 bridgehead atoms. The average Bonchev–Trinajstić information content (AvgIpc) is 3.01. The molecule has 0 aliphatic heterocycles. The number of carbonyl (C=O) groups is 1. The molecule has 0 spiro atoms. The topological polar surface area (TPSA) is 65.4 Å². The molecule has 1 N–H and O–H groups in total. The van der Waals surface area contributed by atoms with Crippen LogP contribution in [0, 0.1) is 19.7 Å². The van der Waals surface area contributed by atoms with Crippen molar-refractivity contribution in [1.29, 1.82) is 0 Å². The van der Waals surface area contributed by atoms with E-state index in [-0.39, 0.29) is 17.8 Å². The maximum atomic E-state index is 13.2. The van der Waals surface area contributed by atoms with Gasteiger partial charge in [0, 0.05) is 11.6 Å². The first kappa shape index (κ1) is 20.4. The lowest BCUT2D eigenvalue weighted by Gasteiger charge is -2.18. The van der Waals surface area contributed by atoms with Crippen LogP contribution in [0.25, 0.3) is 5.69 Å². The van der Waals surface area contributed by atoms with Gasteiger partial charge >= 0.3 is 0 Å². The number of rotatable bonds is 6.